The minimum atomic E-state index is -0.165. The highest BCUT2D eigenvalue weighted by Gasteiger charge is 2.24. The number of amides is 1. The van der Waals surface area contributed by atoms with Gasteiger partial charge in [0.25, 0.3) is 0 Å². The summed E-state index contributed by atoms with van der Waals surface area (Å²) in [6.07, 6.45) is 2.44. The second kappa shape index (κ2) is 11.7. The lowest BCUT2D eigenvalue weighted by atomic mass is 9.87. The summed E-state index contributed by atoms with van der Waals surface area (Å²) in [7, 11) is 3.68. The molecule has 0 radical (unpaired) electrons. The molecule has 1 N–H and O–H groups in total. The van der Waals surface area contributed by atoms with Gasteiger partial charge in [-0.15, -0.1) is 0 Å². The summed E-state index contributed by atoms with van der Waals surface area (Å²) in [5.74, 6) is 1.15. The van der Waals surface area contributed by atoms with Gasteiger partial charge in [0, 0.05) is 43.0 Å². The van der Waals surface area contributed by atoms with E-state index in [1.165, 1.54) is 0 Å². The number of carbonyl (C=O) groups excluding carboxylic acids is 1. The number of aryl methyl sites for hydroxylation is 1. The van der Waals surface area contributed by atoms with Crippen molar-refractivity contribution in [3.63, 3.8) is 0 Å². The van der Waals surface area contributed by atoms with Crippen LogP contribution < -0.4 is 14.8 Å². The van der Waals surface area contributed by atoms with E-state index in [1.807, 2.05) is 98.0 Å². The Balaban J connectivity index is 1.47. The van der Waals surface area contributed by atoms with E-state index >= 15 is 0 Å². The third-order valence-electron chi connectivity index (χ3n) is 6.85. The molecule has 5 heteroatoms. The maximum absolute atomic E-state index is 13.3. The zero-order chi connectivity index (χ0) is 26.3. The largest absolute Gasteiger partial charge is 0.493 e. The van der Waals surface area contributed by atoms with Crippen LogP contribution in [0.2, 0.25) is 0 Å². The number of hydrogen-bond acceptors (Lipinski definition) is 3. The summed E-state index contributed by atoms with van der Waals surface area (Å²) in [4.78, 5) is 13.3. The summed E-state index contributed by atoms with van der Waals surface area (Å²) in [5.41, 5.74) is 5.39. The van der Waals surface area contributed by atoms with E-state index in [-0.39, 0.29) is 11.8 Å². The molecule has 1 aromatic heterocycles. The van der Waals surface area contributed by atoms with E-state index in [1.54, 1.807) is 7.11 Å². The van der Waals surface area contributed by atoms with E-state index in [2.05, 4.69) is 28.2 Å². The molecule has 1 unspecified atom stereocenters. The van der Waals surface area contributed by atoms with Crippen molar-refractivity contribution in [2.75, 3.05) is 7.11 Å². The van der Waals surface area contributed by atoms with Crippen molar-refractivity contribution in [3.8, 4) is 11.5 Å². The van der Waals surface area contributed by atoms with Gasteiger partial charge < -0.3 is 19.4 Å². The van der Waals surface area contributed by atoms with Gasteiger partial charge in [0.1, 0.15) is 6.61 Å². The number of ether oxygens (including phenoxy) is 2. The maximum Gasteiger partial charge on any atom is 0.221 e. The topological polar surface area (TPSA) is 52.5 Å². The van der Waals surface area contributed by atoms with Gasteiger partial charge in [-0.05, 0) is 40.5 Å². The monoisotopic (exact) mass is 504 g/mol. The van der Waals surface area contributed by atoms with Gasteiger partial charge in [-0.1, -0.05) is 84.9 Å². The lowest BCUT2D eigenvalue weighted by Crippen LogP contribution is -2.25. The normalized spacial score (nSPS) is 11.7. The molecule has 5 rings (SSSR count). The fraction of sp³-hybridized carbons (Fsp3) is 0.182. The average molecular weight is 505 g/mol. The Labute approximate surface area is 223 Å². The number of nitrogens with one attached hydrogen (secondary N) is 1. The lowest BCUT2D eigenvalue weighted by molar-refractivity contribution is -0.121. The highest BCUT2D eigenvalue weighted by molar-refractivity contribution is 5.86. The van der Waals surface area contributed by atoms with E-state index < -0.39 is 0 Å². The van der Waals surface area contributed by atoms with Crippen LogP contribution in [-0.2, 0) is 25.0 Å². The van der Waals surface area contributed by atoms with Crippen molar-refractivity contribution in [2.45, 2.75) is 25.5 Å². The van der Waals surface area contributed by atoms with Crippen molar-refractivity contribution < 1.29 is 14.3 Å². The van der Waals surface area contributed by atoms with Crippen LogP contribution in [0.5, 0.6) is 11.5 Å². The van der Waals surface area contributed by atoms with Gasteiger partial charge in [0.15, 0.2) is 11.5 Å². The van der Waals surface area contributed by atoms with Crippen LogP contribution in [0.4, 0.5) is 0 Å². The Kier molecular flexibility index (Phi) is 7.74. The number of rotatable bonds is 10. The first-order valence-electron chi connectivity index (χ1n) is 12.8. The fourth-order valence-corrected chi connectivity index (χ4v) is 4.87. The van der Waals surface area contributed by atoms with E-state index in [4.69, 9.17) is 9.47 Å². The molecule has 0 saturated heterocycles. The number of para-hydroxylation sites is 1. The van der Waals surface area contributed by atoms with Crippen molar-refractivity contribution in [1.29, 1.82) is 0 Å². The zero-order valence-corrected chi connectivity index (χ0v) is 21.8. The van der Waals surface area contributed by atoms with E-state index in [0.29, 0.717) is 31.1 Å². The quantitative estimate of drug-likeness (QED) is 0.233. The van der Waals surface area contributed by atoms with Gasteiger partial charge in [-0.3, -0.25) is 4.79 Å². The summed E-state index contributed by atoms with van der Waals surface area (Å²) < 4.78 is 13.9. The first-order valence-corrected chi connectivity index (χ1v) is 12.8. The van der Waals surface area contributed by atoms with E-state index in [0.717, 1.165) is 33.2 Å². The van der Waals surface area contributed by atoms with Gasteiger partial charge in [-0.2, -0.15) is 0 Å². The van der Waals surface area contributed by atoms with Crippen LogP contribution in [0.3, 0.4) is 0 Å². The molecule has 0 aliphatic heterocycles. The maximum atomic E-state index is 13.3. The molecule has 0 fully saturated rings. The molecule has 1 heterocycles. The molecule has 0 saturated carbocycles. The average Bonchev–Trinajstić information content (AvgIpc) is 3.30. The summed E-state index contributed by atoms with van der Waals surface area (Å²) in [6, 6.07) is 34.3. The predicted molar refractivity (Wildman–Crippen MR) is 151 cm³/mol. The minimum absolute atomic E-state index is 0.00522. The van der Waals surface area contributed by atoms with Crippen LogP contribution in [0.15, 0.2) is 109 Å². The SMILES string of the molecule is COc1ccc(C(CC(=O)NCc2ccccc2)c2cn(C)c3ccccc23)cc1OCc1ccccc1. The van der Waals surface area contributed by atoms with Gasteiger partial charge in [0.05, 0.1) is 7.11 Å². The second-order valence-electron chi connectivity index (χ2n) is 9.42. The number of fused-ring (bicyclic) bond motifs is 1. The molecule has 4 aromatic carbocycles. The van der Waals surface area contributed by atoms with Crippen LogP contribution in [0.25, 0.3) is 10.9 Å². The van der Waals surface area contributed by atoms with E-state index in [9.17, 15) is 4.79 Å². The Morgan fingerprint density at radius 2 is 1.53 bits per heavy atom. The Hall–Kier alpha value is -4.51. The lowest BCUT2D eigenvalue weighted by Gasteiger charge is -2.20. The number of hydrogen-bond donors (Lipinski definition) is 1. The van der Waals surface area contributed by atoms with Gasteiger partial charge >= 0.3 is 0 Å². The third kappa shape index (κ3) is 5.73. The van der Waals surface area contributed by atoms with Crippen molar-refractivity contribution in [3.05, 3.63) is 132 Å². The molecule has 0 aliphatic rings. The standard InChI is InChI=1S/C33H32N2O3/c1-35-22-29(27-15-9-10-16-30(27)35)28(20-33(36)34-21-24-11-5-3-6-12-24)26-17-18-31(37-2)32(19-26)38-23-25-13-7-4-8-14-25/h3-19,22,28H,20-21,23H2,1-2H3,(H,34,36). The fourth-order valence-electron chi connectivity index (χ4n) is 4.87. The van der Waals surface area contributed by atoms with Crippen LogP contribution >= 0.6 is 0 Å². The molecule has 0 spiro atoms. The number of methoxy groups -OCH3 is 1. The van der Waals surface area contributed by atoms with Crippen LogP contribution in [0, 0.1) is 0 Å². The molecule has 0 aliphatic carbocycles. The van der Waals surface area contributed by atoms with Crippen molar-refractivity contribution >= 4 is 16.8 Å². The molecule has 5 nitrogen and oxygen atoms in total. The predicted octanol–water partition coefficient (Wildman–Crippen LogP) is 6.60. The minimum Gasteiger partial charge on any atom is -0.493 e. The highest BCUT2D eigenvalue weighted by atomic mass is 16.5. The van der Waals surface area contributed by atoms with Gasteiger partial charge in [-0.25, -0.2) is 0 Å². The summed E-state index contributed by atoms with van der Waals surface area (Å²) in [6.45, 7) is 0.924. The van der Waals surface area contributed by atoms with Crippen molar-refractivity contribution in [1.82, 2.24) is 9.88 Å². The second-order valence-corrected chi connectivity index (χ2v) is 9.42. The highest BCUT2D eigenvalue weighted by Crippen LogP contribution is 2.38. The Morgan fingerprint density at radius 1 is 0.842 bits per heavy atom. The third-order valence-corrected chi connectivity index (χ3v) is 6.85. The molecule has 1 atom stereocenters. The molecular formula is C33H32N2O3. The molecule has 38 heavy (non-hydrogen) atoms. The molecule has 0 bridgehead atoms. The number of carbonyl (C=O) groups is 1. The number of nitrogens with zero attached hydrogens (tertiary/aromatic N) is 1. The van der Waals surface area contributed by atoms with Crippen LogP contribution in [-0.4, -0.2) is 17.6 Å². The van der Waals surface area contributed by atoms with Crippen molar-refractivity contribution in [2.24, 2.45) is 7.05 Å². The van der Waals surface area contributed by atoms with Crippen LogP contribution in [0.1, 0.15) is 34.6 Å². The summed E-state index contributed by atoms with van der Waals surface area (Å²) >= 11 is 0. The number of benzene rings is 4. The zero-order valence-electron chi connectivity index (χ0n) is 21.8. The number of aromatic nitrogens is 1. The summed E-state index contributed by atoms with van der Waals surface area (Å²) in [5, 5.41) is 4.24. The molecule has 5 aromatic rings. The molecule has 1 amide bonds. The smallest absolute Gasteiger partial charge is 0.221 e. The van der Waals surface area contributed by atoms with Gasteiger partial charge in [0.2, 0.25) is 5.91 Å². The molecule has 192 valence electrons. The Morgan fingerprint density at radius 3 is 2.26 bits per heavy atom. The first kappa shape index (κ1) is 25.2. The Bertz CT molecular complexity index is 1510. The molecular weight excluding hydrogens is 472 g/mol. The first-order chi connectivity index (χ1) is 18.6.